The molecule has 66 valence electrons. The molecule has 1 rings (SSSR count). The topological polar surface area (TPSA) is 50.3 Å². The van der Waals surface area contributed by atoms with Crippen LogP contribution in [0.5, 0.6) is 0 Å². The van der Waals surface area contributed by atoms with Crippen LogP contribution in [0.2, 0.25) is 0 Å². The van der Waals surface area contributed by atoms with Crippen LogP contribution < -0.4 is 0 Å². The molecule has 12 heavy (non-hydrogen) atoms. The van der Waals surface area contributed by atoms with Gasteiger partial charge in [-0.3, -0.25) is 5.10 Å². The zero-order valence-corrected chi connectivity index (χ0v) is 7.59. The summed E-state index contributed by atoms with van der Waals surface area (Å²) in [5.74, 6) is 0. The summed E-state index contributed by atoms with van der Waals surface area (Å²) >= 11 is 0. The van der Waals surface area contributed by atoms with Gasteiger partial charge in [-0.05, 0) is 20.8 Å². The standard InChI is InChI=1S/C8H13N3O/c1-4-12-11-7(3)8-5-9-10-6(8)2/h5H,4H2,1-3H3,(H,9,10)/b11-7+. The van der Waals surface area contributed by atoms with Gasteiger partial charge in [0.15, 0.2) is 0 Å². The lowest BCUT2D eigenvalue weighted by Gasteiger charge is -1.97. The van der Waals surface area contributed by atoms with Gasteiger partial charge in [-0.2, -0.15) is 5.10 Å². The summed E-state index contributed by atoms with van der Waals surface area (Å²) in [5, 5.41) is 10.6. The number of hydrogen-bond acceptors (Lipinski definition) is 3. The highest BCUT2D eigenvalue weighted by Gasteiger charge is 2.03. The van der Waals surface area contributed by atoms with Crippen molar-refractivity contribution in [3.05, 3.63) is 17.5 Å². The molecule has 0 aliphatic heterocycles. The van der Waals surface area contributed by atoms with E-state index in [2.05, 4.69) is 15.4 Å². The zero-order chi connectivity index (χ0) is 8.97. The van der Waals surface area contributed by atoms with Crippen LogP contribution in [-0.4, -0.2) is 22.5 Å². The molecule has 1 aromatic rings. The van der Waals surface area contributed by atoms with Crippen LogP contribution in [0.15, 0.2) is 11.4 Å². The maximum Gasteiger partial charge on any atom is 0.114 e. The van der Waals surface area contributed by atoms with Crippen molar-refractivity contribution >= 4 is 5.71 Å². The second kappa shape index (κ2) is 3.90. The Morgan fingerprint density at radius 2 is 2.50 bits per heavy atom. The Bertz CT molecular complexity index is 278. The highest BCUT2D eigenvalue weighted by Crippen LogP contribution is 2.04. The monoisotopic (exact) mass is 167 g/mol. The highest BCUT2D eigenvalue weighted by molar-refractivity contribution is 5.98. The van der Waals surface area contributed by atoms with Gasteiger partial charge in [-0.25, -0.2) is 0 Å². The Morgan fingerprint density at radius 3 is 3.00 bits per heavy atom. The first-order valence-corrected chi connectivity index (χ1v) is 3.92. The summed E-state index contributed by atoms with van der Waals surface area (Å²) in [5.41, 5.74) is 2.86. The van der Waals surface area contributed by atoms with Crippen LogP contribution >= 0.6 is 0 Å². The number of aromatic nitrogens is 2. The summed E-state index contributed by atoms with van der Waals surface area (Å²) in [4.78, 5) is 4.92. The number of nitrogens with one attached hydrogen (secondary N) is 1. The van der Waals surface area contributed by atoms with Gasteiger partial charge in [0.05, 0.1) is 11.9 Å². The number of oxime groups is 1. The van der Waals surface area contributed by atoms with Crippen molar-refractivity contribution in [2.24, 2.45) is 5.16 Å². The van der Waals surface area contributed by atoms with Crippen LogP contribution in [0.3, 0.4) is 0 Å². The smallest absolute Gasteiger partial charge is 0.114 e. The molecule has 0 fully saturated rings. The second-order valence-electron chi connectivity index (χ2n) is 2.50. The van der Waals surface area contributed by atoms with Gasteiger partial charge in [-0.1, -0.05) is 5.16 Å². The van der Waals surface area contributed by atoms with Gasteiger partial charge in [0.1, 0.15) is 6.61 Å². The molecule has 1 N–H and O–H groups in total. The maximum absolute atomic E-state index is 4.92. The van der Waals surface area contributed by atoms with Crippen molar-refractivity contribution in [2.45, 2.75) is 20.8 Å². The Kier molecular flexibility index (Phi) is 2.85. The Balaban J connectivity index is 2.77. The fourth-order valence-electron chi connectivity index (χ4n) is 0.926. The minimum absolute atomic E-state index is 0.592. The third-order valence-corrected chi connectivity index (χ3v) is 1.55. The number of aryl methyl sites for hydroxylation is 1. The molecule has 0 spiro atoms. The van der Waals surface area contributed by atoms with E-state index in [1.807, 2.05) is 20.8 Å². The van der Waals surface area contributed by atoms with Crippen LogP contribution in [0.25, 0.3) is 0 Å². The molecule has 1 heterocycles. The van der Waals surface area contributed by atoms with E-state index < -0.39 is 0 Å². The summed E-state index contributed by atoms with van der Waals surface area (Å²) in [6.45, 7) is 6.34. The van der Waals surface area contributed by atoms with Crippen LogP contribution in [-0.2, 0) is 4.84 Å². The van der Waals surface area contributed by atoms with Crippen molar-refractivity contribution in [3.8, 4) is 0 Å². The van der Waals surface area contributed by atoms with E-state index in [4.69, 9.17) is 4.84 Å². The van der Waals surface area contributed by atoms with Gasteiger partial charge < -0.3 is 4.84 Å². The lowest BCUT2D eigenvalue weighted by molar-refractivity contribution is 0.159. The molecule has 0 atom stereocenters. The molecule has 4 heteroatoms. The molecule has 0 radical (unpaired) electrons. The van der Waals surface area contributed by atoms with Crippen molar-refractivity contribution < 1.29 is 4.84 Å². The summed E-state index contributed by atoms with van der Waals surface area (Å²) < 4.78 is 0. The third-order valence-electron chi connectivity index (χ3n) is 1.55. The van der Waals surface area contributed by atoms with E-state index in [1.54, 1.807) is 6.20 Å². The lowest BCUT2D eigenvalue weighted by atomic mass is 10.2. The summed E-state index contributed by atoms with van der Waals surface area (Å²) in [6.07, 6.45) is 1.74. The first-order valence-electron chi connectivity index (χ1n) is 3.92. The van der Waals surface area contributed by atoms with Gasteiger partial charge in [0.25, 0.3) is 0 Å². The van der Waals surface area contributed by atoms with Gasteiger partial charge >= 0.3 is 0 Å². The van der Waals surface area contributed by atoms with Crippen LogP contribution in [0, 0.1) is 6.92 Å². The van der Waals surface area contributed by atoms with Gasteiger partial charge in [0, 0.05) is 11.3 Å². The second-order valence-corrected chi connectivity index (χ2v) is 2.50. The average molecular weight is 167 g/mol. The maximum atomic E-state index is 4.92. The molecule has 0 unspecified atom stereocenters. The first kappa shape index (κ1) is 8.77. The molecule has 0 bridgehead atoms. The number of rotatable bonds is 3. The van der Waals surface area contributed by atoms with Gasteiger partial charge in [-0.15, -0.1) is 0 Å². The third kappa shape index (κ3) is 1.84. The fraction of sp³-hybridized carbons (Fsp3) is 0.500. The number of aromatic amines is 1. The van der Waals surface area contributed by atoms with E-state index in [-0.39, 0.29) is 0 Å². The first-order chi connectivity index (χ1) is 5.75. The largest absolute Gasteiger partial charge is 0.396 e. The predicted molar refractivity (Wildman–Crippen MR) is 47.2 cm³/mol. The molecular formula is C8H13N3O. The molecule has 0 amide bonds. The minimum Gasteiger partial charge on any atom is -0.396 e. The summed E-state index contributed by atoms with van der Waals surface area (Å²) in [6, 6.07) is 0. The van der Waals surface area contributed by atoms with E-state index in [0.29, 0.717) is 6.61 Å². The zero-order valence-electron chi connectivity index (χ0n) is 7.59. The Hall–Kier alpha value is -1.32. The van der Waals surface area contributed by atoms with Crippen molar-refractivity contribution in [2.75, 3.05) is 6.61 Å². The normalized spacial score (nSPS) is 11.8. The highest BCUT2D eigenvalue weighted by atomic mass is 16.6. The number of hydrogen-bond donors (Lipinski definition) is 1. The van der Waals surface area contributed by atoms with E-state index >= 15 is 0 Å². The predicted octanol–water partition coefficient (Wildman–Crippen LogP) is 1.48. The Morgan fingerprint density at radius 1 is 1.75 bits per heavy atom. The molecule has 0 saturated heterocycles. The SMILES string of the molecule is CCO/N=C(\C)c1cn[nH]c1C. The van der Waals surface area contributed by atoms with Crippen molar-refractivity contribution in [1.29, 1.82) is 0 Å². The fourth-order valence-corrected chi connectivity index (χ4v) is 0.926. The molecule has 1 aromatic heterocycles. The van der Waals surface area contributed by atoms with E-state index in [0.717, 1.165) is 17.0 Å². The van der Waals surface area contributed by atoms with Crippen molar-refractivity contribution in [3.63, 3.8) is 0 Å². The van der Waals surface area contributed by atoms with Gasteiger partial charge in [0.2, 0.25) is 0 Å². The summed E-state index contributed by atoms with van der Waals surface area (Å²) in [7, 11) is 0. The molecule has 0 aliphatic rings. The van der Waals surface area contributed by atoms with Crippen molar-refractivity contribution in [1.82, 2.24) is 10.2 Å². The molecule has 0 saturated carbocycles. The lowest BCUT2D eigenvalue weighted by Crippen LogP contribution is -1.96. The molecule has 0 aromatic carbocycles. The Labute approximate surface area is 71.6 Å². The van der Waals surface area contributed by atoms with Crippen LogP contribution in [0.4, 0.5) is 0 Å². The number of H-pyrrole nitrogens is 1. The average Bonchev–Trinajstić information content (AvgIpc) is 2.47. The van der Waals surface area contributed by atoms with Crippen LogP contribution in [0.1, 0.15) is 25.1 Å². The minimum atomic E-state index is 0.592. The van der Waals surface area contributed by atoms with E-state index in [1.165, 1.54) is 0 Å². The number of nitrogens with zero attached hydrogens (tertiary/aromatic N) is 2. The molecular weight excluding hydrogens is 154 g/mol. The quantitative estimate of drug-likeness (QED) is 0.547. The van der Waals surface area contributed by atoms with E-state index in [9.17, 15) is 0 Å². The molecule has 0 aliphatic carbocycles. The molecule has 4 nitrogen and oxygen atoms in total.